The summed E-state index contributed by atoms with van der Waals surface area (Å²) in [4.78, 5) is 4.11. The molecule has 7 heteroatoms. The van der Waals surface area contributed by atoms with Gasteiger partial charge in [-0.1, -0.05) is 0 Å². The van der Waals surface area contributed by atoms with Crippen molar-refractivity contribution in [2.24, 2.45) is 5.92 Å². The molecule has 0 saturated carbocycles. The van der Waals surface area contributed by atoms with Gasteiger partial charge in [-0.15, -0.1) is 0 Å². The molecular weight excluding hydrogens is 266 g/mol. The highest BCUT2D eigenvalue weighted by atomic mass is 32.2. The van der Waals surface area contributed by atoms with E-state index in [2.05, 4.69) is 10.3 Å². The Balaban J connectivity index is 2.24. The monoisotopic (exact) mass is 285 g/mol. The zero-order valence-electron chi connectivity index (χ0n) is 10.9. The Bertz CT molecular complexity index is 533. The molecule has 106 valence electrons. The van der Waals surface area contributed by atoms with Gasteiger partial charge in [-0.2, -0.15) is 4.31 Å². The van der Waals surface area contributed by atoms with Gasteiger partial charge in [0, 0.05) is 39.1 Å². The third-order valence-electron chi connectivity index (χ3n) is 3.46. The Morgan fingerprint density at radius 1 is 1.58 bits per heavy atom. The summed E-state index contributed by atoms with van der Waals surface area (Å²) in [5.41, 5.74) is 0.556. The highest BCUT2D eigenvalue weighted by Gasteiger charge is 2.33. The zero-order valence-corrected chi connectivity index (χ0v) is 11.7. The van der Waals surface area contributed by atoms with Crippen molar-refractivity contribution in [3.63, 3.8) is 0 Å². The summed E-state index contributed by atoms with van der Waals surface area (Å²) in [6.07, 6.45) is 4.39. The number of hydrogen-bond acceptors (Lipinski definition) is 5. The van der Waals surface area contributed by atoms with E-state index < -0.39 is 10.0 Å². The summed E-state index contributed by atoms with van der Waals surface area (Å²) in [7, 11) is -1.82. The molecule has 0 bridgehead atoms. The first-order valence-electron chi connectivity index (χ1n) is 6.32. The van der Waals surface area contributed by atoms with Gasteiger partial charge >= 0.3 is 0 Å². The van der Waals surface area contributed by atoms with Gasteiger partial charge in [0.2, 0.25) is 10.0 Å². The van der Waals surface area contributed by atoms with E-state index in [1.165, 1.54) is 10.5 Å². The topological polar surface area (TPSA) is 82.5 Å². The third kappa shape index (κ3) is 2.88. The Labute approximate surface area is 113 Å². The fourth-order valence-electron chi connectivity index (χ4n) is 2.36. The molecule has 6 nitrogen and oxygen atoms in total. The number of pyridine rings is 1. The summed E-state index contributed by atoms with van der Waals surface area (Å²) < 4.78 is 26.6. The number of aliphatic hydroxyl groups is 1. The Morgan fingerprint density at radius 3 is 3.05 bits per heavy atom. The van der Waals surface area contributed by atoms with Crippen LogP contribution in [0.5, 0.6) is 0 Å². The van der Waals surface area contributed by atoms with E-state index in [4.69, 9.17) is 5.11 Å². The lowest BCUT2D eigenvalue weighted by molar-refractivity contribution is 0.259. The summed E-state index contributed by atoms with van der Waals surface area (Å²) in [5, 5.41) is 11.8. The standard InChI is InChI=1S/C12H19N3O3S/c1-13-11-2-5-14-8-12(11)19(17,18)15-6-3-10(9-15)4-7-16/h2,5,8,10,16H,3-4,6-7,9H2,1H3,(H,13,14). The van der Waals surface area contributed by atoms with Crippen LogP contribution in [0, 0.1) is 5.92 Å². The Hall–Kier alpha value is -1.18. The minimum Gasteiger partial charge on any atom is -0.396 e. The molecule has 1 aliphatic rings. The fourth-order valence-corrected chi connectivity index (χ4v) is 4.04. The zero-order chi connectivity index (χ0) is 13.9. The van der Waals surface area contributed by atoms with Crippen LogP contribution in [0.1, 0.15) is 12.8 Å². The van der Waals surface area contributed by atoms with Gasteiger partial charge in [-0.05, 0) is 24.8 Å². The van der Waals surface area contributed by atoms with E-state index >= 15 is 0 Å². The van der Waals surface area contributed by atoms with Gasteiger partial charge in [0.1, 0.15) is 4.90 Å². The van der Waals surface area contributed by atoms with Gasteiger partial charge < -0.3 is 10.4 Å². The van der Waals surface area contributed by atoms with E-state index in [1.54, 1.807) is 19.3 Å². The number of aliphatic hydroxyl groups excluding tert-OH is 1. The molecular formula is C12H19N3O3S. The second-order valence-corrected chi connectivity index (χ2v) is 6.56. The summed E-state index contributed by atoms with van der Waals surface area (Å²) in [5.74, 6) is 0.245. The molecule has 0 spiro atoms. The van der Waals surface area contributed by atoms with Gasteiger partial charge in [0.05, 0.1) is 5.69 Å². The minimum absolute atomic E-state index is 0.104. The number of aromatic nitrogens is 1. The maximum atomic E-state index is 12.5. The average Bonchev–Trinajstić information content (AvgIpc) is 2.88. The first-order valence-corrected chi connectivity index (χ1v) is 7.76. The lowest BCUT2D eigenvalue weighted by atomic mass is 10.1. The van der Waals surface area contributed by atoms with Crippen LogP contribution in [0.25, 0.3) is 0 Å². The van der Waals surface area contributed by atoms with Crippen LogP contribution in [0.4, 0.5) is 5.69 Å². The van der Waals surface area contributed by atoms with Crippen molar-refractivity contribution in [3.05, 3.63) is 18.5 Å². The van der Waals surface area contributed by atoms with Gasteiger partial charge in [-0.3, -0.25) is 4.98 Å². The molecule has 2 heterocycles. The second kappa shape index (κ2) is 5.85. The van der Waals surface area contributed by atoms with E-state index in [0.717, 1.165) is 6.42 Å². The van der Waals surface area contributed by atoms with Crippen molar-refractivity contribution < 1.29 is 13.5 Å². The highest BCUT2D eigenvalue weighted by Crippen LogP contribution is 2.28. The SMILES string of the molecule is CNc1ccncc1S(=O)(=O)N1CCC(CCO)C1. The van der Waals surface area contributed by atoms with E-state index in [9.17, 15) is 8.42 Å². The van der Waals surface area contributed by atoms with Gasteiger partial charge in [-0.25, -0.2) is 8.42 Å². The van der Waals surface area contributed by atoms with Crippen molar-refractivity contribution >= 4 is 15.7 Å². The predicted octanol–water partition coefficient (Wildman–Crippen LogP) is 0.516. The number of nitrogens with one attached hydrogen (secondary N) is 1. The van der Waals surface area contributed by atoms with Crippen LogP contribution in [0.3, 0.4) is 0 Å². The molecule has 1 unspecified atom stereocenters. The molecule has 0 amide bonds. The van der Waals surface area contributed by atoms with Gasteiger partial charge in [0.15, 0.2) is 0 Å². The first kappa shape index (κ1) is 14.2. The smallest absolute Gasteiger partial charge is 0.246 e. The molecule has 2 rings (SSSR count). The summed E-state index contributed by atoms with van der Waals surface area (Å²) in [6, 6.07) is 1.65. The predicted molar refractivity (Wildman–Crippen MR) is 72.4 cm³/mol. The fraction of sp³-hybridized carbons (Fsp3) is 0.583. The molecule has 0 radical (unpaired) electrons. The molecule has 1 atom stereocenters. The molecule has 1 aromatic rings. The van der Waals surface area contributed by atoms with Crippen molar-refractivity contribution in [2.75, 3.05) is 32.1 Å². The van der Waals surface area contributed by atoms with Crippen LogP contribution in [0.2, 0.25) is 0 Å². The molecule has 1 fully saturated rings. The second-order valence-electron chi connectivity index (χ2n) is 4.65. The quantitative estimate of drug-likeness (QED) is 0.824. The van der Waals surface area contributed by atoms with E-state index in [-0.39, 0.29) is 17.4 Å². The van der Waals surface area contributed by atoms with Crippen LogP contribution >= 0.6 is 0 Å². The van der Waals surface area contributed by atoms with Crippen molar-refractivity contribution in [1.29, 1.82) is 0 Å². The van der Waals surface area contributed by atoms with Gasteiger partial charge in [0.25, 0.3) is 0 Å². The Kier molecular flexibility index (Phi) is 4.38. The van der Waals surface area contributed by atoms with Crippen LogP contribution in [-0.2, 0) is 10.0 Å². The van der Waals surface area contributed by atoms with Crippen LogP contribution in [-0.4, -0.2) is 49.6 Å². The largest absolute Gasteiger partial charge is 0.396 e. The molecule has 0 aliphatic carbocycles. The molecule has 0 aromatic carbocycles. The third-order valence-corrected chi connectivity index (χ3v) is 5.35. The van der Waals surface area contributed by atoms with E-state index in [0.29, 0.717) is 25.2 Å². The lowest BCUT2D eigenvalue weighted by Gasteiger charge is -2.18. The minimum atomic E-state index is -3.51. The number of hydrogen-bond donors (Lipinski definition) is 2. The normalized spacial score (nSPS) is 20.6. The number of sulfonamides is 1. The van der Waals surface area contributed by atoms with Crippen LogP contribution in [0.15, 0.2) is 23.4 Å². The molecule has 1 saturated heterocycles. The highest BCUT2D eigenvalue weighted by molar-refractivity contribution is 7.89. The maximum Gasteiger partial charge on any atom is 0.246 e. The molecule has 19 heavy (non-hydrogen) atoms. The average molecular weight is 285 g/mol. The summed E-state index contributed by atoms with van der Waals surface area (Å²) in [6.45, 7) is 1.08. The maximum absolute atomic E-state index is 12.5. The van der Waals surface area contributed by atoms with Crippen LogP contribution < -0.4 is 5.32 Å². The molecule has 1 aliphatic heterocycles. The van der Waals surface area contributed by atoms with Crippen molar-refractivity contribution in [3.8, 4) is 0 Å². The van der Waals surface area contributed by atoms with E-state index in [1.807, 2.05) is 0 Å². The first-order chi connectivity index (χ1) is 9.09. The van der Waals surface area contributed by atoms with Crippen molar-refractivity contribution in [2.45, 2.75) is 17.7 Å². The summed E-state index contributed by atoms with van der Waals surface area (Å²) >= 11 is 0. The Morgan fingerprint density at radius 2 is 2.37 bits per heavy atom. The molecule has 1 aromatic heterocycles. The van der Waals surface area contributed by atoms with Crippen molar-refractivity contribution in [1.82, 2.24) is 9.29 Å². The number of nitrogens with zero attached hydrogens (tertiary/aromatic N) is 2. The molecule has 2 N–H and O–H groups in total. The number of rotatable bonds is 5. The lowest BCUT2D eigenvalue weighted by Crippen LogP contribution is -2.29. The number of anilines is 1.